The number of para-hydroxylation sites is 1. The Morgan fingerprint density at radius 2 is 2.12 bits per heavy atom. The Bertz CT molecular complexity index is 621. The summed E-state index contributed by atoms with van der Waals surface area (Å²) in [5, 5.41) is 9.52. The third-order valence-electron chi connectivity index (χ3n) is 2.02. The lowest BCUT2D eigenvalue weighted by atomic mass is 10.1. The molecule has 86 valence electrons. The van der Waals surface area contributed by atoms with Crippen LogP contribution in [-0.4, -0.2) is 20.7 Å². The number of hydrogen-bond acceptors (Lipinski definition) is 3. The molecule has 0 aliphatic rings. The van der Waals surface area contributed by atoms with Crippen molar-refractivity contribution in [3.63, 3.8) is 0 Å². The molecule has 0 saturated heterocycles. The van der Waals surface area contributed by atoms with E-state index < -0.39 is 5.60 Å². The van der Waals surface area contributed by atoms with Gasteiger partial charge in [-0.3, -0.25) is 4.98 Å². The van der Waals surface area contributed by atoms with E-state index >= 15 is 0 Å². The summed E-state index contributed by atoms with van der Waals surface area (Å²) >= 11 is 3.42. The molecule has 0 amide bonds. The highest BCUT2D eigenvalue weighted by atomic mass is 79.9. The van der Waals surface area contributed by atoms with Crippen molar-refractivity contribution in [3.8, 4) is 11.8 Å². The van der Waals surface area contributed by atoms with Crippen molar-refractivity contribution in [2.45, 2.75) is 19.4 Å². The van der Waals surface area contributed by atoms with Crippen LogP contribution in [0.15, 0.2) is 28.9 Å². The fourth-order valence-electron chi connectivity index (χ4n) is 1.28. The van der Waals surface area contributed by atoms with Crippen LogP contribution < -0.4 is 0 Å². The van der Waals surface area contributed by atoms with Crippen molar-refractivity contribution in [1.29, 1.82) is 0 Å². The molecule has 0 saturated carbocycles. The lowest BCUT2D eigenvalue weighted by Crippen LogP contribution is -2.14. The standard InChI is InChI=1S/C13H11BrN2O/c1-13(2,17)7-6-9-8-15-11-5-3-4-10(14)12(11)16-9/h3-5,8,17H,1-2H3. The van der Waals surface area contributed by atoms with E-state index in [4.69, 9.17) is 0 Å². The second kappa shape index (κ2) is 4.44. The van der Waals surface area contributed by atoms with Gasteiger partial charge in [-0.25, -0.2) is 4.98 Å². The molecule has 0 spiro atoms. The van der Waals surface area contributed by atoms with E-state index in [2.05, 4.69) is 37.7 Å². The number of fused-ring (bicyclic) bond motifs is 1. The van der Waals surface area contributed by atoms with Crippen molar-refractivity contribution < 1.29 is 5.11 Å². The highest BCUT2D eigenvalue weighted by Crippen LogP contribution is 2.20. The van der Waals surface area contributed by atoms with Crippen LogP contribution in [0.4, 0.5) is 0 Å². The smallest absolute Gasteiger partial charge is 0.132 e. The minimum absolute atomic E-state index is 0.548. The van der Waals surface area contributed by atoms with E-state index in [1.807, 2.05) is 18.2 Å². The van der Waals surface area contributed by atoms with E-state index in [9.17, 15) is 5.11 Å². The quantitative estimate of drug-likeness (QED) is 0.759. The third-order valence-corrected chi connectivity index (χ3v) is 2.66. The molecule has 1 heterocycles. The van der Waals surface area contributed by atoms with Gasteiger partial charge in [-0.2, -0.15) is 0 Å². The van der Waals surface area contributed by atoms with E-state index in [1.165, 1.54) is 0 Å². The topological polar surface area (TPSA) is 46.0 Å². The number of nitrogens with zero attached hydrogens (tertiary/aromatic N) is 2. The maximum Gasteiger partial charge on any atom is 0.132 e. The molecule has 0 unspecified atom stereocenters. The van der Waals surface area contributed by atoms with E-state index in [-0.39, 0.29) is 0 Å². The molecule has 0 fully saturated rings. The van der Waals surface area contributed by atoms with Crippen LogP contribution >= 0.6 is 15.9 Å². The molecular formula is C13H11BrN2O. The predicted molar refractivity (Wildman–Crippen MR) is 70.4 cm³/mol. The zero-order valence-electron chi connectivity index (χ0n) is 9.53. The zero-order chi connectivity index (χ0) is 12.5. The van der Waals surface area contributed by atoms with Crippen LogP contribution in [0.5, 0.6) is 0 Å². The maximum absolute atomic E-state index is 9.52. The first-order chi connectivity index (χ1) is 7.96. The first-order valence-corrected chi connectivity index (χ1v) is 5.92. The lowest BCUT2D eigenvalue weighted by Gasteiger charge is -2.05. The summed E-state index contributed by atoms with van der Waals surface area (Å²) in [7, 11) is 0. The van der Waals surface area contributed by atoms with Crippen molar-refractivity contribution in [2.75, 3.05) is 0 Å². The molecule has 1 aromatic heterocycles. The lowest BCUT2D eigenvalue weighted by molar-refractivity contribution is 0.143. The minimum atomic E-state index is -1.02. The molecule has 1 aromatic carbocycles. The first kappa shape index (κ1) is 12.0. The Morgan fingerprint density at radius 3 is 2.82 bits per heavy atom. The van der Waals surface area contributed by atoms with Crippen LogP contribution in [-0.2, 0) is 0 Å². The van der Waals surface area contributed by atoms with Crippen LogP contribution in [0.1, 0.15) is 19.5 Å². The summed E-state index contributed by atoms with van der Waals surface area (Å²) in [6, 6.07) is 5.70. The zero-order valence-corrected chi connectivity index (χ0v) is 11.1. The van der Waals surface area contributed by atoms with Crippen LogP contribution in [0.2, 0.25) is 0 Å². The second-order valence-electron chi connectivity index (χ2n) is 4.17. The van der Waals surface area contributed by atoms with Gasteiger partial charge in [0.05, 0.1) is 11.7 Å². The van der Waals surface area contributed by atoms with E-state index in [1.54, 1.807) is 20.0 Å². The molecule has 1 N–H and O–H groups in total. The minimum Gasteiger partial charge on any atom is -0.378 e. The maximum atomic E-state index is 9.52. The summed E-state index contributed by atoms with van der Waals surface area (Å²) in [5.41, 5.74) is 1.11. The second-order valence-corrected chi connectivity index (χ2v) is 5.03. The Labute approximate surface area is 108 Å². The van der Waals surface area contributed by atoms with Gasteiger partial charge < -0.3 is 5.11 Å². The van der Waals surface area contributed by atoms with Gasteiger partial charge in [0.15, 0.2) is 0 Å². The first-order valence-electron chi connectivity index (χ1n) is 5.12. The molecule has 3 nitrogen and oxygen atoms in total. The summed E-state index contributed by atoms with van der Waals surface area (Å²) in [6.07, 6.45) is 1.60. The number of rotatable bonds is 0. The summed E-state index contributed by atoms with van der Waals surface area (Å²) < 4.78 is 0.884. The van der Waals surface area contributed by atoms with Crippen molar-refractivity contribution in [2.24, 2.45) is 0 Å². The molecule has 0 atom stereocenters. The average Bonchev–Trinajstić information content (AvgIpc) is 2.26. The third kappa shape index (κ3) is 3.02. The Hall–Kier alpha value is -1.44. The molecule has 0 aliphatic heterocycles. The van der Waals surface area contributed by atoms with Crippen molar-refractivity contribution >= 4 is 27.0 Å². The molecule has 0 bridgehead atoms. The molecule has 0 radical (unpaired) electrons. The number of aromatic nitrogens is 2. The van der Waals surface area contributed by atoms with Gasteiger partial charge in [0.2, 0.25) is 0 Å². The van der Waals surface area contributed by atoms with Crippen molar-refractivity contribution in [3.05, 3.63) is 34.6 Å². The average molecular weight is 291 g/mol. The number of halogens is 1. The number of benzene rings is 1. The molecule has 17 heavy (non-hydrogen) atoms. The van der Waals surface area contributed by atoms with Gasteiger partial charge in [0, 0.05) is 4.47 Å². The van der Waals surface area contributed by atoms with Gasteiger partial charge in [-0.1, -0.05) is 12.0 Å². The van der Waals surface area contributed by atoms with Gasteiger partial charge in [0.1, 0.15) is 16.8 Å². The van der Waals surface area contributed by atoms with E-state index in [0.717, 1.165) is 15.5 Å². The van der Waals surface area contributed by atoms with Gasteiger partial charge >= 0.3 is 0 Å². The van der Waals surface area contributed by atoms with E-state index in [0.29, 0.717) is 5.69 Å². The Balaban J connectivity index is 2.51. The van der Waals surface area contributed by atoms with Crippen LogP contribution in [0, 0.1) is 11.8 Å². The highest BCUT2D eigenvalue weighted by molar-refractivity contribution is 9.10. The fourth-order valence-corrected chi connectivity index (χ4v) is 1.72. The summed E-state index contributed by atoms with van der Waals surface area (Å²) in [6.45, 7) is 3.26. The van der Waals surface area contributed by atoms with Gasteiger partial charge in [-0.05, 0) is 47.8 Å². The van der Waals surface area contributed by atoms with Crippen molar-refractivity contribution in [1.82, 2.24) is 9.97 Å². The van der Waals surface area contributed by atoms with Gasteiger partial charge in [0.25, 0.3) is 0 Å². The summed E-state index contributed by atoms with van der Waals surface area (Å²) in [5.74, 6) is 5.52. The van der Waals surface area contributed by atoms with Crippen LogP contribution in [0.3, 0.4) is 0 Å². The highest BCUT2D eigenvalue weighted by Gasteiger charge is 2.06. The normalized spacial score (nSPS) is 11.1. The molecular weight excluding hydrogens is 280 g/mol. The molecule has 4 heteroatoms. The molecule has 0 aliphatic carbocycles. The largest absolute Gasteiger partial charge is 0.378 e. The number of aliphatic hydroxyl groups is 1. The monoisotopic (exact) mass is 290 g/mol. The van der Waals surface area contributed by atoms with Gasteiger partial charge in [-0.15, -0.1) is 0 Å². The SMILES string of the molecule is CC(C)(O)C#Cc1cnc2cccc(Br)c2n1. The predicted octanol–water partition coefficient (Wildman–Crippen LogP) is 2.51. The Kier molecular flexibility index (Phi) is 3.14. The molecule has 2 aromatic rings. The number of hydrogen-bond donors (Lipinski definition) is 1. The Morgan fingerprint density at radius 1 is 1.35 bits per heavy atom. The fraction of sp³-hybridized carbons (Fsp3) is 0.231. The summed E-state index contributed by atoms with van der Waals surface area (Å²) in [4.78, 5) is 8.65. The van der Waals surface area contributed by atoms with Crippen LogP contribution in [0.25, 0.3) is 11.0 Å². The molecule has 2 rings (SSSR count).